The molecular weight excluding hydrogens is 444 g/mol. The van der Waals surface area contributed by atoms with Gasteiger partial charge in [0.25, 0.3) is 11.8 Å². The summed E-state index contributed by atoms with van der Waals surface area (Å²) in [4.78, 5) is 24.6. The van der Waals surface area contributed by atoms with Crippen molar-refractivity contribution < 1.29 is 9.59 Å². The van der Waals surface area contributed by atoms with E-state index in [4.69, 9.17) is 4.37 Å². The monoisotopic (exact) mass is 476 g/mol. The second-order valence-corrected chi connectivity index (χ2v) is 10.4. The fraction of sp³-hybridized carbons (Fsp3) is 0.444. The summed E-state index contributed by atoms with van der Waals surface area (Å²) in [6, 6.07) is 15.5. The summed E-state index contributed by atoms with van der Waals surface area (Å²) in [6.45, 7) is 6.96. The van der Waals surface area contributed by atoms with Gasteiger partial charge in [0.1, 0.15) is 0 Å². The number of aromatic nitrogens is 1. The molecule has 0 bridgehead atoms. The third kappa shape index (κ3) is 4.28. The summed E-state index contributed by atoms with van der Waals surface area (Å²) in [7, 11) is 0. The number of carbonyl (C=O) groups excluding carboxylic acids is 2. The first-order valence-electron chi connectivity index (χ1n) is 12.3. The van der Waals surface area contributed by atoms with Crippen LogP contribution < -0.4 is 10.6 Å². The number of benzene rings is 2. The molecule has 0 radical (unpaired) electrons. The average Bonchev–Trinajstić information content (AvgIpc) is 3.46. The van der Waals surface area contributed by atoms with Crippen molar-refractivity contribution in [1.29, 1.82) is 0 Å². The molecule has 1 aliphatic carbocycles. The highest BCUT2D eigenvalue weighted by Crippen LogP contribution is 2.45. The van der Waals surface area contributed by atoms with Crippen LogP contribution in [0.4, 0.5) is 0 Å². The van der Waals surface area contributed by atoms with E-state index in [1.165, 1.54) is 47.9 Å². The lowest BCUT2D eigenvalue weighted by Crippen LogP contribution is -2.56. The van der Waals surface area contributed by atoms with Gasteiger partial charge in [0.05, 0.1) is 27.1 Å². The molecule has 6 nitrogen and oxygen atoms in total. The summed E-state index contributed by atoms with van der Waals surface area (Å²) in [5.74, 6) is 0.135. The molecule has 6 rings (SSSR count). The number of carbonyl (C=O) groups is 2. The fourth-order valence-corrected chi connectivity index (χ4v) is 6.64. The van der Waals surface area contributed by atoms with Gasteiger partial charge >= 0.3 is 0 Å². The Kier molecular flexibility index (Phi) is 6.77. The van der Waals surface area contributed by atoms with Gasteiger partial charge in [-0.2, -0.15) is 4.37 Å². The summed E-state index contributed by atoms with van der Waals surface area (Å²) in [5.41, 5.74) is 2.36. The van der Waals surface area contributed by atoms with E-state index in [9.17, 15) is 9.59 Å². The highest BCUT2D eigenvalue weighted by Gasteiger charge is 2.44. The third-order valence-corrected chi connectivity index (χ3v) is 8.50. The average molecular weight is 477 g/mol. The van der Waals surface area contributed by atoms with Gasteiger partial charge in [-0.05, 0) is 55.4 Å². The lowest BCUT2D eigenvalue weighted by Gasteiger charge is -2.49. The van der Waals surface area contributed by atoms with Crippen molar-refractivity contribution in [3.8, 4) is 0 Å². The van der Waals surface area contributed by atoms with Crippen molar-refractivity contribution in [2.75, 3.05) is 26.2 Å². The molecule has 1 saturated heterocycles. The molecule has 178 valence electrons. The number of piperazine rings is 1. The van der Waals surface area contributed by atoms with E-state index in [1.807, 2.05) is 0 Å². The highest BCUT2D eigenvalue weighted by atomic mass is 32.1. The molecule has 1 aromatic heterocycles. The Balaban J connectivity index is 0.000000183. The van der Waals surface area contributed by atoms with Crippen LogP contribution in [0.2, 0.25) is 0 Å². The molecule has 2 N–H and O–H groups in total. The van der Waals surface area contributed by atoms with Crippen molar-refractivity contribution in [1.82, 2.24) is 19.9 Å². The van der Waals surface area contributed by atoms with Gasteiger partial charge in [0, 0.05) is 31.6 Å². The van der Waals surface area contributed by atoms with E-state index >= 15 is 0 Å². The summed E-state index contributed by atoms with van der Waals surface area (Å²) < 4.78 is 6.33. The number of amides is 2. The smallest absolute Gasteiger partial charge is 0.258 e. The number of imide groups is 1. The maximum atomic E-state index is 10.9. The Bertz CT molecular complexity index is 1130. The van der Waals surface area contributed by atoms with Crippen LogP contribution in [0, 0.1) is 5.92 Å². The van der Waals surface area contributed by atoms with Crippen LogP contribution in [0.1, 0.15) is 65.4 Å². The van der Waals surface area contributed by atoms with E-state index in [0.717, 1.165) is 32.1 Å². The Hall–Kier alpha value is -2.61. The molecule has 2 aromatic carbocycles. The van der Waals surface area contributed by atoms with Crippen LogP contribution in [0.15, 0.2) is 48.5 Å². The zero-order valence-corrected chi connectivity index (χ0v) is 20.5. The Morgan fingerprint density at radius 2 is 1.53 bits per heavy atom. The van der Waals surface area contributed by atoms with E-state index < -0.39 is 0 Å². The summed E-state index contributed by atoms with van der Waals surface area (Å²) in [5, 5.41) is 7.10. The first-order valence-corrected chi connectivity index (χ1v) is 13.1. The Morgan fingerprint density at radius 1 is 0.912 bits per heavy atom. The topological polar surface area (TPSA) is 74.3 Å². The molecule has 0 spiro atoms. The van der Waals surface area contributed by atoms with Crippen LogP contribution >= 0.6 is 11.5 Å². The predicted molar refractivity (Wildman–Crippen MR) is 136 cm³/mol. The van der Waals surface area contributed by atoms with Crippen LogP contribution in [-0.4, -0.2) is 47.3 Å². The molecule has 1 saturated carbocycles. The van der Waals surface area contributed by atoms with Gasteiger partial charge in [-0.1, -0.05) is 49.6 Å². The molecular formula is C27H32N4O2S. The minimum atomic E-state index is -0.300. The van der Waals surface area contributed by atoms with E-state index in [1.54, 1.807) is 35.8 Å². The van der Waals surface area contributed by atoms with Crippen LogP contribution in [-0.2, 0) is 5.54 Å². The molecule has 3 aromatic rings. The van der Waals surface area contributed by atoms with Crippen molar-refractivity contribution in [2.45, 2.75) is 44.6 Å². The largest absolute Gasteiger partial charge is 0.314 e. The molecule has 2 fully saturated rings. The predicted octanol–water partition coefficient (Wildman–Crippen LogP) is 4.57. The minimum absolute atomic E-state index is 0.0854. The third-order valence-electron chi connectivity index (χ3n) is 7.67. The number of fused-ring (bicyclic) bond motifs is 2. The lowest BCUT2D eigenvalue weighted by atomic mass is 9.72. The molecule has 1 unspecified atom stereocenters. The van der Waals surface area contributed by atoms with E-state index in [0.29, 0.717) is 11.1 Å². The molecule has 2 amide bonds. The maximum Gasteiger partial charge on any atom is 0.258 e. The van der Waals surface area contributed by atoms with E-state index in [2.05, 4.69) is 46.7 Å². The zero-order valence-electron chi connectivity index (χ0n) is 19.7. The van der Waals surface area contributed by atoms with Gasteiger partial charge in [0.15, 0.2) is 0 Å². The number of nitrogens with zero attached hydrogens (tertiary/aromatic N) is 2. The normalized spacial score (nSPS) is 20.9. The van der Waals surface area contributed by atoms with Crippen molar-refractivity contribution in [2.24, 2.45) is 5.92 Å². The van der Waals surface area contributed by atoms with Gasteiger partial charge in [0.2, 0.25) is 0 Å². The number of hydrogen-bond acceptors (Lipinski definition) is 6. The van der Waals surface area contributed by atoms with Crippen LogP contribution in [0.5, 0.6) is 0 Å². The quantitative estimate of drug-likeness (QED) is 0.542. The minimum Gasteiger partial charge on any atom is -0.314 e. The number of hydrogen-bond donors (Lipinski definition) is 2. The second-order valence-electron chi connectivity index (χ2n) is 9.58. The SMILES string of the molecule is CC(c1nsc2ccccc12)(C1CCCCC1)N1CCNCC1.O=C1NC(=O)c2ccccc21. The molecule has 1 atom stereocenters. The van der Waals surface area contributed by atoms with Crippen molar-refractivity contribution in [3.05, 3.63) is 65.4 Å². The van der Waals surface area contributed by atoms with Gasteiger partial charge < -0.3 is 5.32 Å². The molecule has 3 aliphatic rings. The number of rotatable bonds is 3. The van der Waals surface area contributed by atoms with E-state index in [-0.39, 0.29) is 17.4 Å². The first-order chi connectivity index (χ1) is 16.6. The summed E-state index contributed by atoms with van der Waals surface area (Å²) in [6.07, 6.45) is 6.88. The van der Waals surface area contributed by atoms with Crippen LogP contribution in [0.3, 0.4) is 0 Å². The van der Waals surface area contributed by atoms with Gasteiger partial charge in [-0.25, -0.2) is 0 Å². The molecule has 34 heavy (non-hydrogen) atoms. The fourth-order valence-electron chi connectivity index (χ4n) is 5.76. The van der Waals surface area contributed by atoms with Gasteiger partial charge in [-0.3, -0.25) is 19.8 Å². The number of nitrogens with one attached hydrogen (secondary N) is 2. The first kappa shape index (κ1) is 23.1. The summed E-state index contributed by atoms with van der Waals surface area (Å²) >= 11 is 1.68. The van der Waals surface area contributed by atoms with Crippen molar-refractivity contribution >= 4 is 33.4 Å². The standard InChI is InChI=1S/C19H27N3S.C8H5NO2/c1-19(15-7-3-2-4-8-15,22-13-11-20-12-14-22)18-16-9-5-6-10-17(16)23-21-18;10-7-5-3-1-2-4-6(5)8(11)9-7/h5-6,9-10,15,20H,2-4,7-8,11-14H2,1H3;1-4H,(H,9,10,11). The highest BCUT2D eigenvalue weighted by molar-refractivity contribution is 7.13. The van der Waals surface area contributed by atoms with Gasteiger partial charge in [-0.15, -0.1) is 0 Å². The Labute approximate surface area is 204 Å². The molecule has 3 heterocycles. The maximum absolute atomic E-state index is 10.9. The Morgan fingerprint density at radius 3 is 2.21 bits per heavy atom. The van der Waals surface area contributed by atoms with Crippen molar-refractivity contribution in [3.63, 3.8) is 0 Å². The second kappa shape index (κ2) is 9.94. The van der Waals surface area contributed by atoms with Crippen LogP contribution in [0.25, 0.3) is 10.1 Å². The lowest BCUT2D eigenvalue weighted by molar-refractivity contribution is 0.0146. The molecule has 2 aliphatic heterocycles. The molecule has 7 heteroatoms. The zero-order chi connectivity index (χ0) is 23.5.